The number of nitrogens with zero attached hydrogens (tertiary/aromatic N) is 1. The van der Waals surface area contributed by atoms with E-state index in [1.807, 2.05) is 30.3 Å². The number of carbonyl (C=O) groups excluding carboxylic acids is 1. The van der Waals surface area contributed by atoms with E-state index in [2.05, 4.69) is 5.73 Å². The summed E-state index contributed by atoms with van der Waals surface area (Å²) in [5.41, 5.74) is 5.34. The average molecular weight is 352 g/mol. The van der Waals surface area contributed by atoms with Gasteiger partial charge in [0, 0.05) is 6.07 Å². The maximum Gasteiger partial charge on any atom is 0.273 e. The van der Waals surface area contributed by atoms with E-state index in [-0.39, 0.29) is 17.8 Å². The van der Waals surface area contributed by atoms with Crippen LogP contribution in [0.1, 0.15) is 0 Å². The number of benzene rings is 3. The van der Waals surface area contributed by atoms with Crippen molar-refractivity contribution in [2.45, 2.75) is 0 Å². The summed E-state index contributed by atoms with van der Waals surface area (Å²) < 4.78 is 5.70. The summed E-state index contributed by atoms with van der Waals surface area (Å²) in [6, 6.07) is 20.5. The van der Waals surface area contributed by atoms with E-state index in [0.29, 0.717) is 11.3 Å². The van der Waals surface area contributed by atoms with Gasteiger partial charge in [-0.15, -0.1) is 0 Å². The highest BCUT2D eigenvalue weighted by Crippen LogP contribution is 2.31. The smallest absolute Gasteiger partial charge is 0.273 e. The number of hydrogen-bond acceptors (Lipinski definition) is 5. The van der Waals surface area contributed by atoms with Gasteiger partial charge in [-0.3, -0.25) is 14.9 Å². The van der Waals surface area contributed by atoms with E-state index in [1.165, 1.54) is 12.1 Å². The first kappa shape index (κ1) is 18.5. The van der Waals surface area contributed by atoms with E-state index >= 15 is 0 Å². The molecule has 0 aliphatic heterocycles. The minimum Gasteiger partial charge on any atom is -0.508 e. The molecule has 3 rings (SSSR count). The fourth-order valence-corrected chi connectivity index (χ4v) is 2.21. The third kappa shape index (κ3) is 5.07. The SMILES string of the molecule is NC=O.O=[N+]([O-])c1cc(O)cc(-c2ccc(Oc3ccccc3)cc2)c1. The Morgan fingerprint density at radius 1 is 0.923 bits per heavy atom. The van der Waals surface area contributed by atoms with E-state index in [9.17, 15) is 15.2 Å². The molecule has 0 heterocycles. The molecule has 0 radical (unpaired) electrons. The summed E-state index contributed by atoms with van der Waals surface area (Å²) in [7, 11) is 0. The second-order valence-corrected chi connectivity index (χ2v) is 5.07. The van der Waals surface area contributed by atoms with Crippen molar-refractivity contribution in [1.29, 1.82) is 0 Å². The van der Waals surface area contributed by atoms with Crippen molar-refractivity contribution < 1.29 is 19.6 Å². The zero-order valence-corrected chi connectivity index (χ0v) is 13.6. The molecule has 3 aromatic carbocycles. The number of nitro groups is 1. The van der Waals surface area contributed by atoms with Crippen LogP contribution in [-0.4, -0.2) is 16.4 Å². The predicted octanol–water partition coefficient (Wildman–Crippen LogP) is 3.86. The van der Waals surface area contributed by atoms with Gasteiger partial charge >= 0.3 is 0 Å². The fraction of sp³-hybridized carbons (Fsp3) is 0. The maximum atomic E-state index is 10.9. The molecule has 7 nitrogen and oxygen atoms in total. The Balaban J connectivity index is 0.000000758. The predicted molar refractivity (Wildman–Crippen MR) is 97.0 cm³/mol. The number of aromatic hydroxyl groups is 1. The summed E-state index contributed by atoms with van der Waals surface area (Å²) in [5.74, 6) is 1.25. The van der Waals surface area contributed by atoms with Gasteiger partial charge in [0.1, 0.15) is 17.2 Å². The van der Waals surface area contributed by atoms with Gasteiger partial charge in [0.2, 0.25) is 6.41 Å². The standard InChI is InChI=1S/C18H13NO4.CH3NO/c20-16-11-14(10-15(12-16)19(21)22)13-6-8-18(9-7-13)23-17-4-2-1-3-5-17;2-1-3/h1-12,20H;1H,(H2,2,3). The summed E-state index contributed by atoms with van der Waals surface area (Å²) in [6.07, 6.45) is 0.250. The van der Waals surface area contributed by atoms with Crippen molar-refractivity contribution in [1.82, 2.24) is 0 Å². The summed E-state index contributed by atoms with van der Waals surface area (Å²) in [4.78, 5) is 18.9. The van der Waals surface area contributed by atoms with Crippen LogP contribution in [0.3, 0.4) is 0 Å². The number of rotatable bonds is 4. The second kappa shape index (κ2) is 8.84. The zero-order valence-electron chi connectivity index (χ0n) is 13.6. The molecule has 0 unspecified atom stereocenters. The van der Waals surface area contributed by atoms with E-state index in [0.717, 1.165) is 17.4 Å². The van der Waals surface area contributed by atoms with Gasteiger partial charge in [0.05, 0.1) is 11.0 Å². The van der Waals surface area contributed by atoms with Crippen molar-refractivity contribution in [3.8, 4) is 28.4 Å². The molecule has 3 N–H and O–H groups in total. The quantitative estimate of drug-likeness (QED) is 0.420. The first-order valence-corrected chi connectivity index (χ1v) is 7.50. The molecule has 1 amide bonds. The number of amides is 1. The van der Waals surface area contributed by atoms with Crippen LogP contribution < -0.4 is 10.5 Å². The number of phenolic OH excluding ortho intramolecular Hbond substituents is 1. The normalized spacial score (nSPS) is 9.54. The first-order valence-electron chi connectivity index (χ1n) is 7.50. The molecule has 0 aliphatic carbocycles. The number of phenols is 1. The Morgan fingerprint density at radius 2 is 1.50 bits per heavy atom. The van der Waals surface area contributed by atoms with Crippen LogP contribution >= 0.6 is 0 Å². The number of para-hydroxylation sites is 1. The number of hydrogen-bond donors (Lipinski definition) is 2. The summed E-state index contributed by atoms with van der Waals surface area (Å²) in [5, 5.41) is 20.5. The third-order valence-corrected chi connectivity index (χ3v) is 3.28. The number of ether oxygens (including phenoxy) is 1. The lowest BCUT2D eigenvalue weighted by atomic mass is 10.0. The lowest BCUT2D eigenvalue weighted by Gasteiger charge is -2.07. The molecule has 0 aliphatic rings. The highest BCUT2D eigenvalue weighted by molar-refractivity contribution is 5.68. The Bertz CT molecular complexity index is 880. The average Bonchev–Trinajstić information content (AvgIpc) is 2.63. The van der Waals surface area contributed by atoms with Gasteiger partial charge in [0.15, 0.2) is 0 Å². The van der Waals surface area contributed by atoms with Gasteiger partial charge in [-0.25, -0.2) is 0 Å². The van der Waals surface area contributed by atoms with Crippen molar-refractivity contribution in [3.05, 3.63) is 82.9 Å². The molecule has 0 bridgehead atoms. The second-order valence-electron chi connectivity index (χ2n) is 5.07. The largest absolute Gasteiger partial charge is 0.508 e. The minimum atomic E-state index is -0.532. The van der Waals surface area contributed by atoms with Crippen LogP contribution in [-0.2, 0) is 4.79 Å². The highest BCUT2D eigenvalue weighted by atomic mass is 16.6. The van der Waals surface area contributed by atoms with E-state index in [1.54, 1.807) is 24.3 Å². The molecule has 0 fully saturated rings. The lowest BCUT2D eigenvalue weighted by molar-refractivity contribution is -0.384. The Kier molecular flexibility index (Phi) is 6.28. The van der Waals surface area contributed by atoms with Crippen LogP contribution in [0.25, 0.3) is 11.1 Å². The first-order chi connectivity index (χ1) is 12.5. The molecule has 3 aromatic rings. The number of primary amides is 1. The highest BCUT2D eigenvalue weighted by Gasteiger charge is 2.10. The Morgan fingerprint density at radius 3 is 2.08 bits per heavy atom. The zero-order chi connectivity index (χ0) is 18.9. The molecule has 0 saturated carbocycles. The van der Waals surface area contributed by atoms with Gasteiger partial charge < -0.3 is 15.6 Å². The fourth-order valence-electron chi connectivity index (χ4n) is 2.21. The van der Waals surface area contributed by atoms with Crippen molar-refractivity contribution >= 4 is 12.1 Å². The van der Waals surface area contributed by atoms with Crippen LogP contribution in [0.4, 0.5) is 5.69 Å². The topological polar surface area (TPSA) is 116 Å². The van der Waals surface area contributed by atoms with Gasteiger partial charge in [0.25, 0.3) is 5.69 Å². The molecule has 26 heavy (non-hydrogen) atoms. The summed E-state index contributed by atoms with van der Waals surface area (Å²) in [6.45, 7) is 0. The van der Waals surface area contributed by atoms with Crippen molar-refractivity contribution in [2.24, 2.45) is 5.73 Å². The van der Waals surface area contributed by atoms with Gasteiger partial charge in [-0.2, -0.15) is 0 Å². The van der Waals surface area contributed by atoms with Gasteiger partial charge in [-0.05, 0) is 41.5 Å². The summed E-state index contributed by atoms with van der Waals surface area (Å²) >= 11 is 0. The minimum absolute atomic E-state index is 0.140. The van der Waals surface area contributed by atoms with E-state index in [4.69, 9.17) is 9.53 Å². The van der Waals surface area contributed by atoms with Crippen LogP contribution in [0, 0.1) is 10.1 Å². The Labute approximate surface area is 149 Å². The van der Waals surface area contributed by atoms with Crippen molar-refractivity contribution in [2.75, 3.05) is 0 Å². The molecule has 132 valence electrons. The van der Waals surface area contributed by atoms with E-state index < -0.39 is 4.92 Å². The molecule has 7 heteroatoms. The Hall–Kier alpha value is -3.87. The van der Waals surface area contributed by atoms with Crippen LogP contribution in [0.5, 0.6) is 17.2 Å². The molecule has 0 saturated heterocycles. The number of nitrogens with two attached hydrogens (primary N) is 1. The molecule has 0 atom stereocenters. The molecule has 0 aromatic heterocycles. The third-order valence-electron chi connectivity index (χ3n) is 3.28. The number of nitro benzene ring substituents is 1. The van der Waals surface area contributed by atoms with Crippen LogP contribution in [0.2, 0.25) is 0 Å². The monoisotopic (exact) mass is 352 g/mol. The van der Waals surface area contributed by atoms with Crippen molar-refractivity contribution in [3.63, 3.8) is 0 Å². The maximum absolute atomic E-state index is 10.9. The lowest BCUT2D eigenvalue weighted by Crippen LogP contribution is -1.89. The van der Waals surface area contributed by atoms with Gasteiger partial charge in [-0.1, -0.05) is 30.3 Å². The number of non-ortho nitro benzene ring substituents is 1. The van der Waals surface area contributed by atoms with Crippen LogP contribution in [0.15, 0.2) is 72.8 Å². The molecule has 0 spiro atoms. The number of carbonyl (C=O) groups is 1. The molecular weight excluding hydrogens is 336 g/mol. The molecular formula is C19H16N2O5.